The quantitative estimate of drug-likeness (QED) is 0.510. The van der Waals surface area contributed by atoms with Gasteiger partial charge in [-0.25, -0.2) is 4.79 Å². The molecule has 0 saturated carbocycles. The molecule has 0 rings (SSSR count). The van der Waals surface area contributed by atoms with Gasteiger partial charge in [0, 0.05) is 12.0 Å². The fraction of sp³-hybridized carbons (Fsp3) is 0.667. The lowest BCUT2D eigenvalue weighted by Gasteiger charge is -2.11. The monoisotopic (exact) mass is 172 g/mol. The minimum atomic E-state index is -0.384. The summed E-state index contributed by atoms with van der Waals surface area (Å²) in [5.74, 6) is -0.390. The molecule has 0 saturated heterocycles. The van der Waals surface area contributed by atoms with Gasteiger partial charge in [-0.15, -0.1) is 0 Å². The molecular formula is C9H16O3. The Morgan fingerprint density at radius 3 is 2.67 bits per heavy atom. The van der Waals surface area contributed by atoms with Crippen molar-refractivity contribution in [1.82, 2.24) is 0 Å². The first kappa shape index (κ1) is 11.2. The average molecular weight is 172 g/mol. The van der Waals surface area contributed by atoms with Crippen molar-refractivity contribution in [3.8, 4) is 0 Å². The third-order valence-electron chi connectivity index (χ3n) is 1.76. The molecule has 70 valence electrons. The molecule has 0 radical (unpaired) electrons. The molecule has 0 fully saturated rings. The van der Waals surface area contributed by atoms with Crippen molar-refractivity contribution in [3.63, 3.8) is 0 Å². The fourth-order valence-electron chi connectivity index (χ4n) is 0.798. The van der Waals surface area contributed by atoms with Crippen molar-refractivity contribution in [2.24, 2.45) is 5.92 Å². The summed E-state index contributed by atoms with van der Waals surface area (Å²) in [6, 6.07) is 0. The number of carbonyl (C=O) groups excluding carboxylic acids is 1. The molecule has 0 aromatic carbocycles. The minimum absolute atomic E-state index is 0.00546. The number of aliphatic hydroxyl groups is 1. The topological polar surface area (TPSA) is 46.5 Å². The second-order valence-corrected chi connectivity index (χ2v) is 2.72. The van der Waals surface area contributed by atoms with Gasteiger partial charge in [-0.1, -0.05) is 19.9 Å². The van der Waals surface area contributed by atoms with Crippen molar-refractivity contribution >= 4 is 5.97 Å². The number of hydrogen-bond donors (Lipinski definition) is 1. The lowest BCUT2D eigenvalue weighted by atomic mass is 10.0. The average Bonchev–Trinajstić information content (AvgIpc) is 2.11. The van der Waals surface area contributed by atoms with Crippen LogP contribution in [0.2, 0.25) is 0 Å². The Morgan fingerprint density at radius 2 is 2.25 bits per heavy atom. The number of hydrogen-bond acceptors (Lipinski definition) is 3. The molecule has 0 amide bonds. The Morgan fingerprint density at radius 1 is 1.67 bits per heavy atom. The largest absolute Gasteiger partial charge is 0.466 e. The van der Waals surface area contributed by atoms with Crippen LogP contribution in [0.25, 0.3) is 0 Å². The van der Waals surface area contributed by atoms with Crippen LogP contribution in [-0.4, -0.2) is 24.3 Å². The number of aliphatic hydroxyl groups excluding tert-OH is 1. The van der Waals surface area contributed by atoms with Crippen molar-refractivity contribution < 1.29 is 14.6 Å². The van der Waals surface area contributed by atoms with E-state index in [9.17, 15) is 9.90 Å². The van der Waals surface area contributed by atoms with E-state index in [-0.39, 0.29) is 18.0 Å². The Kier molecular flexibility index (Phi) is 5.37. The fourth-order valence-corrected chi connectivity index (χ4v) is 0.798. The number of esters is 1. The van der Waals surface area contributed by atoms with Gasteiger partial charge in [0.15, 0.2) is 0 Å². The summed E-state index contributed by atoms with van der Waals surface area (Å²) >= 11 is 0. The summed E-state index contributed by atoms with van der Waals surface area (Å²) in [5, 5.41) is 9.31. The van der Waals surface area contributed by atoms with Gasteiger partial charge >= 0.3 is 5.97 Å². The summed E-state index contributed by atoms with van der Waals surface area (Å²) in [5.41, 5.74) is 0. The maximum absolute atomic E-state index is 10.6. The number of rotatable bonds is 4. The Balaban J connectivity index is 3.90. The predicted octanol–water partition coefficient (Wildman–Crippen LogP) is 1.12. The van der Waals surface area contributed by atoms with Crippen molar-refractivity contribution in [2.75, 3.05) is 7.11 Å². The van der Waals surface area contributed by atoms with Crippen molar-refractivity contribution in [1.29, 1.82) is 0 Å². The molecular weight excluding hydrogens is 156 g/mol. The molecule has 12 heavy (non-hydrogen) atoms. The minimum Gasteiger partial charge on any atom is -0.466 e. The zero-order valence-electron chi connectivity index (χ0n) is 7.78. The Hall–Kier alpha value is -0.830. The highest BCUT2D eigenvalue weighted by molar-refractivity contribution is 5.81. The van der Waals surface area contributed by atoms with Crippen LogP contribution in [0.15, 0.2) is 12.2 Å². The molecule has 0 aliphatic rings. The summed E-state index contributed by atoms with van der Waals surface area (Å²) < 4.78 is 4.41. The van der Waals surface area contributed by atoms with E-state index in [4.69, 9.17) is 0 Å². The summed E-state index contributed by atoms with van der Waals surface area (Å²) in [6.45, 7) is 3.75. The smallest absolute Gasteiger partial charge is 0.330 e. The number of carbonyl (C=O) groups is 1. The standard InChI is InChI=1S/C9H16O3/c1-4-8(10)7(2)5-6-9(11)12-3/h5-8,10H,4H2,1-3H3/b6-5+/t7-,8+/m1/s1. The van der Waals surface area contributed by atoms with Crippen molar-refractivity contribution in [2.45, 2.75) is 26.4 Å². The van der Waals surface area contributed by atoms with Gasteiger partial charge in [0.1, 0.15) is 0 Å². The molecule has 0 aromatic rings. The van der Waals surface area contributed by atoms with Gasteiger partial charge in [-0.2, -0.15) is 0 Å². The van der Waals surface area contributed by atoms with Crippen LogP contribution in [-0.2, 0) is 9.53 Å². The van der Waals surface area contributed by atoms with Gasteiger partial charge < -0.3 is 9.84 Å². The van der Waals surface area contributed by atoms with Crippen molar-refractivity contribution in [3.05, 3.63) is 12.2 Å². The third-order valence-corrected chi connectivity index (χ3v) is 1.76. The zero-order chi connectivity index (χ0) is 9.56. The highest BCUT2D eigenvalue weighted by Crippen LogP contribution is 2.07. The van der Waals surface area contributed by atoms with E-state index in [1.807, 2.05) is 13.8 Å². The van der Waals surface area contributed by atoms with E-state index in [1.165, 1.54) is 13.2 Å². The first-order chi connectivity index (χ1) is 5.61. The number of ether oxygens (including phenoxy) is 1. The summed E-state index contributed by atoms with van der Waals surface area (Å²) in [7, 11) is 1.33. The summed E-state index contributed by atoms with van der Waals surface area (Å²) in [4.78, 5) is 10.6. The Bertz CT molecular complexity index is 163. The van der Waals surface area contributed by atoms with Crippen LogP contribution < -0.4 is 0 Å². The van der Waals surface area contributed by atoms with Crippen LogP contribution in [0.1, 0.15) is 20.3 Å². The maximum Gasteiger partial charge on any atom is 0.330 e. The molecule has 3 nitrogen and oxygen atoms in total. The molecule has 0 aromatic heterocycles. The Labute approximate surface area is 73.0 Å². The molecule has 0 unspecified atom stereocenters. The first-order valence-electron chi connectivity index (χ1n) is 4.06. The molecule has 3 heteroatoms. The molecule has 0 aliphatic heterocycles. The molecule has 0 bridgehead atoms. The van der Waals surface area contributed by atoms with E-state index in [0.29, 0.717) is 6.42 Å². The number of methoxy groups -OCH3 is 1. The highest BCUT2D eigenvalue weighted by Gasteiger charge is 2.08. The first-order valence-corrected chi connectivity index (χ1v) is 4.06. The second kappa shape index (κ2) is 5.77. The van der Waals surface area contributed by atoms with Gasteiger partial charge in [0.25, 0.3) is 0 Å². The highest BCUT2D eigenvalue weighted by atomic mass is 16.5. The molecule has 0 heterocycles. The van der Waals surface area contributed by atoms with E-state index in [1.54, 1.807) is 6.08 Å². The zero-order valence-corrected chi connectivity index (χ0v) is 7.78. The van der Waals surface area contributed by atoms with Crippen LogP contribution >= 0.6 is 0 Å². The SMILES string of the molecule is CC[C@H](O)[C@H](C)/C=C/C(=O)OC. The van der Waals surface area contributed by atoms with Gasteiger partial charge in [-0.05, 0) is 6.42 Å². The van der Waals surface area contributed by atoms with E-state index in [0.717, 1.165) is 0 Å². The predicted molar refractivity (Wildman–Crippen MR) is 46.6 cm³/mol. The van der Waals surface area contributed by atoms with Gasteiger partial charge in [-0.3, -0.25) is 0 Å². The lowest BCUT2D eigenvalue weighted by Crippen LogP contribution is -2.14. The molecule has 2 atom stereocenters. The second-order valence-electron chi connectivity index (χ2n) is 2.72. The van der Waals surface area contributed by atoms with E-state index in [2.05, 4.69) is 4.74 Å². The third kappa shape index (κ3) is 4.13. The van der Waals surface area contributed by atoms with E-state index < -0.39 is 0 Å². The molecule has 0 spiro atoms. The normalized spacial score (nSPS) is 16.0. The van der Waals surface area contributed by atoms with Crippen LogP contribution in [0.5, 0.6) is 0 Å². The van der Waals surface area contributed by atoms with E-state index >= 15 is 0 Å². The van der Waals surface area contributed by atoms with Gasteiger partial charge in [0.05, 0.1) is 13.2 Å². The summed E-state index contributed by atoms with van der Waals surface area (Å²) in [6.07, 6.45) is 3.29. The van der Waals surface area contributed by atoms with Gasteiger partial charge in [0.2, 0.25) is 0 Å². The van der Waals surface area contributed by atoms with Crippen LogP contribution in [0.3, 0.4) is 0 Å². The molecule has 1 N–H and O–H groups in total. The van der Waals surface area contributed by atoms with Crippen LogP contribution in [0.4, 0.5) is 0 Å². The lowest BCUT2D eigenvalue weighted by molar-refractivity contribution is -0.134. The van der Waals surface area contributed by atoms with Crippen LogP contribution in [0, 0.1) is 5.92 Å². The maximum atomic E-state index is 10.6. The molecule has 0 aliphatic carbocycles.